The molecule has 2 heterocycles. The Morgan fingerprint density at radius 3 is 3.18 bits per heavy atom. The van der Waals surface area contributed by atoms with Crippen molar-refractivity contribution in [2.75, 3.05) is 23.8 Å². The van der Waals surface area contributed by atoms with Crippen molar-refractivity contribution in [2.45, 2.75) is 31.4 Å². The first-order valence-corrected chi connectivity index (χ1v) is 6.84. The number of hydrogen-bond acceptors (Lipinski definition) is 4. The summed E-state index contributed by atoms with van der Waals surface area (Å²) in [5.74, 6) is 0.999. The summed E-state index contributed by atoms with van der Waals surface area (Å²) in [4.78, 5) is 6.83. The van der Waals surface area contributed by atoms with Gasteiger partial charge in [0.25, 0.3) is 0 Å². The summed E-state index contributed by atoms with van der Waals surface area (Å²) in [5.41, 5.74) is 6.42. The molecule has 1 aliphatic carbocycles. The second kappa shape index (κ2) is 4.46. The summed E-state index contributed by atoms with van der Waals surface area (Å²) in [5, 5.41) is 0. The van der Waals surface area contributed by atoms with Crippen molar-refractivity contribution >= 4 is 27.4 Å². The number of nitrogen functional groups attached to an aromatic ring is 1. The van der Waals surface area contributed by atoms with E-state index in [1.807, 2.05) is 6.07 Å². The second-order valence-corrected chi connectivity index (χ2v) is 5.53. The van der Waals surface area contributed by atoms with Crippen LogP contribution in [0.5, 0.6) is 0 Å². The third-order valence-corrected chi connectivity index (χ3v) is 4.18. The van der Waals surface area contributed by atoms with Gasteiger partial charge in [0.1, 0.15) is 5.82 Å². The number of morpholine rings is 1. The lowest BCUT2D eigenvalue weighted by molar-refractivity contribution is 0.0253. The van der Waals surface area contributed by atoms with Crippen LogP contribution in [0.3, 0.4) is 0 Å². The predicted octanol–water partition coefficient (Wildman–Crippen LogP) is 2.18. The zero-order chi connectivity index (χ0) is 11.8. The first-order valence-electron chi connectivity index (χ1n) is 6.05. The topological polar surface area (TPSA) is 51.4 Å². The summed E-state index contributed by atoms with van der Waals surface area (Å²) < 4.78 is 6.78. The molecular weight excluding hydrogens is 282 g/mol. The van der Waals surface area contributed by atoms with E-state index in [0.29, 0.717) is 17.8 Å². The fourth-order valence-electron chi connectivity index (χ4n) is 2.85. The van der Waals surface area contributed by atoms with E-state index >= 15 is 0 Å². The SMILES string of the molecule is Nc1cnc(N2CCOC3CCCC32)c(Br)c1. The molecule has 0 amide bonds. The molecule has 1 aliphatic heterocycles. The molecule has 17 heavy (non-hydrogen) atoms. The Morgan fingerprint density at radius 2 is 2.35 bits per heavy atom. The molecule has 92 valence electrons. The molecule has 3 rings (SSSR count). The van der Waals surface area contributed by atoms with Crippen LogP contribution >= 0.6 is 15.9 Å². The van der Waals surface area contributed by atoms with Gasteiger partial charge in [0.05, 0.1) is 35.1 Å². The van der Waals surface area contributed by atoms with Gasteiger partial charge in [-0.15, -0.1) is 0 Å². The van der Waals surface area contributed by atoms with Crippen LogP contribution in [-0.2, 0) is 4.74 Å². The largest absolute Gasteiger partial charge is 0.397 e. The number of anilines is 2. The van der Waals surface area contributed by atoms with E-state index in [4.69, 9.17) is 10.5 Å². The summed E-state index contributed by atoms with van der Waals surface area (Å²) in [6.45, 7) is 1.70. The minimum Gasteiger partial charge on any atom is -0.397 e. The fourth-order valence-corrected chi connectivity index (χ4v) is 3.44. The highest BCUT2D eigenvalue weighted by molar-refractivity contribution is 9.10. The van der Waals surface area contributed by atoms with Crippen molar-refractivity contribution in [3.63, 3.8) is 0 Å². The van der Waals surface area contributed by atoms with Gasteiger partial charge in [-0.25, -0.2) is 4.98 Å². The molecule has 0 spiro atoms. The highest BCUT2D eigenvalue weighted by Gasteiger charge is 2.37. The van der Waals surface area contributed by atoms with Crippen molar-refractivity contribution in [1.29, 1.82) is 0 Å². The van der Waals surface area contributed by atoms with Gasteiger partial charge in [-0.2, -0.15) is 0 Å². The molecule has 2 aliphatic rings. The van der Waals surface area contributed by atoms with E-state index in [0.717, 1.165) is 23.4 Å². The van der Waals surface area contributed by atoms with Crippen molar-refractivity contribution in [1.82, 2.24) is 4.98 Å². The highest BCUT2D eigenvalue weighted by Crippen LogP contribution is 2.35. The minimum atomic E-state index is 0.384. The Balaban J connectivity index is 1.91. The lowest BCUT2D eigenvalue weighted by Gasteiger charge is -2.38. The van der Waals surface area contributed by atoms with Crippen LogP contribution in [0.4, 0.5) is 11.5 Å². The van der Waals surface area contributed by atoms with E-state index in [1.54, 1.807) is 6.20 Å². The number of aromatic nitrogens is 1. The van der Waals surface area contributed by atoms with Gasteiger partial charge in [0.2, 0.25) is 0 Å². The number of halogens is 1. The zero-order valence-corrected chi connectivity index (χ0v) is 11.2. The Hall–Kier alpha value is -0.810. The monoisotopic (exact) mass is 297 g/mol. The molecule has 2 N–H and O–H groups in total. The lowest BCUT2D eigenvalue weighted by atomic mass is 10.1. The van der Waals surface area contributed by atoms with Crippen molar-refractivity contribution < 1.29 is 4.74 Å². The number of nitrogens with two attached hydrogens (primary N) is 1. The average Bonchev–Trinajstić information content (AvgIpc) is 2.77. The van der Waals surface area contributed by atoms with Crippen molar-refractivity contribution in [3.05, 3.63) is 16.7 Å². The zero-order valence-electron chi connectivity index (χ0n) is 9.60. The van der Waals surface area contributed by atoms with Crippen LogP contribution in [0.2, 0.25) is 0 Å². The number of pyridine rings is 1. The molecule has 1 saturated heterocycles. The molecule has 0 aromatic carbocycles. The number of nitrogens with zero attached hydrogens (tertiary/aromatic N) is 2. The summed E-state index contributed by atoms with van der Waals surface area (Å²) >= 11 is 3.55. The van der Waals surface area contributed by atoms with E-state index in [-0.39, 0.29) is 0 Å². The summed E-state index contributed by atoms with van der Waals surface area (Å²) in [7, 11) is 0. The van der Waals surface area contributed by atoms with Crippen LogP contribution in [0, 0.1) is 0 Å². The molecule has 1 saturated carbocycles. The van der Waals surface area contributed by atoms with E-state index < -0.39 is 0 Å². The Labute approximate surface area is 109 Å². The third-order valence-electron chi connectivity index (χ3n) is 3.60. The molecular formula is C12H16BrN3O. The highest BCUT2D eigenvalue weighted by atomic mass is 79.9. The van der Waals surface area contributed by atoms with Crippen molar-refractivity contribution in [2.24, 2.45) is 0 Å². The smallest absolute Gasteiger partial charge is 0.143 e. The van der Waals surface area contributed by atoms with Crippen LogP contribution in [0.25, 0.3) is 0 Å². The first kappa shape index (κ1) is 11.3. The molecule has 5 heteroatoms. The second-order valence-electron chi connectivity index (χ2n) is 4.67. The predicted molar refractivity (Wildman–Crippen MR) is 71.1 cm³/mol. The number of hydrogen-bond donors (Lipinski definition) is 1. The van der Waals surface area contributed by atoms with Crippen LogP contribution in [0.1, 0.15) is 19.3 Å². The first-order chi connectivity index (χ1) is 8.25. The van der Waals surface area contributed by atoms with Gasteiger partial charge < -0.3 is 15.4 Å². The standard InChI is InChI=1S/C12H16BrN3O/c13-9-6-8(14)7-15-12(9)16-4-5-17-11-3-1-2-10(11)16/h6-7,10-11H,1-5,14H2. The quantitative estimate of drug-likeness (QED) is 0.863. The van der Waals surface area contributed by atoms with Gasteiger partial charge in [0.15, 0.2) is 0 Å². The molecule has 0 radical (unpaired) electrons. The number of rotatable bonds is 1. The molecule has 1 aromatic rings. The Morgan fingerprint density at radius 1 is 1.47 bits per heavy atom. The maximum Gasteiger partial charge on any atom is 0.143 e. The molecule has 2 unspecified atom stereocenters. The van der Waals surface area contributed by atoms with Gasteiger partial charge in [-0.1, -0.05) is 0 Å². The van der Waals surface area contributed by atoms with E-state index in [1.165, 1.54) is 19.3 Å². The van der Waals surface area contributed by atoms with Gasteiger partial charge in [-0.3, -0.25) is 0 Å². The maximum absolute atomic E-state index is 5.81. The van der Waals surface area contributed by atoms with Crippen LogP contribution in [0.15, 0.2) is 16.7 Å². The lowest BCUT2D eigenvalue weighted by Crippen LogP contribution is -2.49. The summed E-state index contributed by atoms with van der Waals surface area (Å²) in [6, 6.07) is 2.40. The number of ether oxygens (including phenoxy) is 1. The molecule has 1 aromatic heterocycles. The molecule has 2 fully saturated rings. The number of fused-ring (bicyclic) bond motifs is 1. The van der Waals surface area contributed by atoms with Gasteiger partial charge in [0, 0.05) is 6.54 Å². The van der Waals surface area contributed by atoms with E-state index in [2.05, 4.69) is 25.8 Å². The Bertz CT molecular complexity index is 426. The third kappa shape index (κ3) is 2.02. The van der Waals surface area contributed by atoms with Gasteiger partial charge in [-0.05, 0) is 41.3 Å². The maximum atomic E-state index is 5.81. The van der Waals surface area contributed by atoms with Crippen LogP contribution < -0.4 is 10.6 Å². The van der Waals surface area contributed by atoms with Crippen molar-refractivity contribution in [3.8, 4) is 0 Å². The fraction of sp³-hybridized carbons (Fsp3) is 0.583. The Kier molecular flexibility index (Phi) is 2.96. The average molecular weight is 298 g/mol. The molecule has 4 nitrogen and oxygen atoms in total. The van der Waals surface area contributed by atoms with Crippen LogP contribution in [-0.4, -0.2) is 30.3 Å². The molecule has 0 bridgehead atoms. The minimum absolute atomic E-state index is 0.384. The summed E-state index contributed by atoms with van der Waals surface area (Å²) in [6.07, 6.45) is 5.73. The van der Waals surface area contributed by atoms with Gasteiger partial charge >= 0.3 is 0 Å². The normalized spacial score (nSPS) is 28.2. The van der Waals surface area contributed by atoms with E-state index in [9.17, 15) is 0 Å². The molecule has 2 atom stereocenters.